The van der Waals surface area contributed by atoms with Crippen LogP contribution in [0, 0.1) is 6.92 Å². The van der Waals surface area contributed by atoms with E-state index >= 15 is 0 Å². The first-order chi connectivity index (χ1) is 9.11. The van der Waals surface area contributed by atoms with Crippen LogP contribution in [0.5, 0.6) is 5.75 Å². The summed E-state index contributed by atoms with van der Waals surface area (Å²) in [4.78, 5) is 6.61. The third kappa shape index (κ3) is 3.26. The van der Waals surface area contributed by atoms with Gasteiger partial charge in [-0.2, -0.15) is 0 Å². The lowest BCUT2D eigenvalue weighted by molar-refractivity contribution is 0.340. The molecule has 0 unspecified atom stereocenters. The van der Waals surface area contributed by atoms with Crippen LogP contribution in [0.15, 0.2) is 40.9 Å². The molecule has 0 saturated carbocycles. The molecule has 1 aromatic heterocycles. The molecule has 0 amide bonds. The number of hydrogen-bond donors (Lipinski definition) is 0. The van der Waals surface area contributed by atoms with Crippen molar-refractivity contribution in [1.29, 1.82) is 0 Å². The normalized spacial score (nSPS) is 10.3. The number of rotatable bonds is 4. The van der Waals surface area contributed by atoms with Gasteiger partial charge >= 0.3 is 0 Å². The monoisotopic (exact) mass is 320 g/mol. The fourth-order valence-corrected chi connectivity index (χ4v) is 2.00. The van der Waals surface area contributed by atoms with Crippen LogP contribution in [0.1, 0.15) is 12.6 Å². The number of benzene rings is 1. The third-order valence-corrected chi connectivity index (χ3v) is 3.72. The maximum absolute atomic E-state index is 5.44. The zero-order valence-corrected chi connectivity index (χ0v) is 12.9. The van der Waals surface area contributed by atoms with Gasteiger partial charge in [-0.3, -0.25) is 0 Å². The number of aromatic nitrogens is 1. The Morgan fingerprint density at radius 2 is 1.84 bits per heavy atom. The lowest BCUT2D eigenvalue weighted by Gasteiger charge is -2.19. The molecule has 3 nitrogen and oxygen atoms in total. The Bertz CT molecular complexity index is 555. The van der Waals surface area contributed by atoms with E-state index in [4.69, 9.17) is 4.74 Å². The summed E-state index contributed by atoms with van der Waals surface area (Å²) in [5, 5.41) is 0. The van der Waals surface area contributed by atoms with Crippen LogP contribution in [0.2, 0.25) is 0 Å². The van der Waals surface area contributed by atoms with Crippen LogP contribution < -0.4 is 9.64 Å². The Morgan fingerprint density at radius 1 is 1.16 bits per heavy atom. The van der Waals surface area contributed by atoms with Crippen LogP contribution >= 0.6 is 15.9 Å². The first-order valence-electron chi connectivity index (χ1n) is 6.21. The first kappa shape index (κ1) is 13.9. The Morgan fingerprint density at radius 3 is 2.42 bits per heavy atom. The van der Waals surface area contributed by atoms with Gasteiger partial charge in [0.05, 0.1) is 12.3 Å². The molecule has 0 bridgehead atoms. The van der Waals surface area contributed by atoms with E-state index in [1.807, 2.05) is 57.3 Å². The van der Waals surface area contributed by atoms with E-state index in [9.17, 15) is 0 Å². The third-order valence-electron chi connectivity index (χ3n) is 2.89. The minimum Gasteiger partial charge on any atom is -0.494 e. The van der Waals surface area contributed by atoms with Crippen LogP contribution in [0.25, 0.3) is 0 Å². The molecule has 19 heavy (non-hydrogen) atoms. The van der Waals surface area contributed by atoms with Gasteiger partial charge in [-0.1, -0.05) is 0 Å². The summed E-state index contributed by atoms with van der Waals surface area (Å²) in [7, 11) is 2.01. The fraction of sp³-hybridized carbons (Fsp3) is 0.267. The zero-order valence-electron chi connectivity index (χ0n) is 11.4. The molecule has 0 radical (unpaired) electrons. The van der Waals surface area contributed by atoms with E-state index in [1.54, 1.807) is 0 Å². The minimum absolute atomic E-state index is 0.683. The smallest absolute Gasteiger partial charge is 0.133 e. The zero-order chi connectivity index (χ0) is 13.8. The van der Waals surface area contributed by atoms with Crippen molar-refractivity contribution >= 4 is 27.4 Å². The molecular weight excluding hydrogens is 304 g/mol. The van der Waals surface area contributed by atoms with Crippen molar-refractivity contribution in [3.05, 3.63) is 46.6 Å². The fourth-order valence-electron chi connectivity index (χ4n) is 1.78. The average molecular weight is 321 g/mol. The second-order valence-electron chi connectivity index (χ2n) is 4.22. The maximum Gasteiger partial charge on any atom is 0.133 e. The SMILES string of the molecule is CCOc1ccc(N(C)c2ccc(Br)c(C)n2)cc1. The molecule has 1 heterocycles. The average Bonchev–Trinajstić information content (AvgIpc) is 2.42. The van der Waals surface area contributed by atoms with E-state index in [-0.39, 0.29) is 0 Å². The molecule has 0 aliphatic heterocycles. The number of nitrogens with zero attached hydrogens (tertiary/aromatic N) is 2. The largest absolute Gasteiger partial charge is 0.494 e. The van der Waals surface area contributed by atoms with E-state index < -0.39 is 0 Å². The highest BCUT2D eigenvalue weighted by Gasteiger charge is 2.07. The lowest BCUT2D eigenvalue weighted by Crippen LogP contribution is -2.11. The Labute approximate surface area is 122 Å². The number of ether oxygens (including phenoxy) is 1. The Kier molecular flexibility index (Phi) is 4.43. The molecular formula is C15H17BrN2O. The summed E-state index contributed by atoms with van der Waals surface area (Å²) < 4.78 is 6.47. The van der Waals surface area contributed by atoms with Gasteiger partial charge in [-0.25, -0.2) is 4.98 Å². The van der Waals surface area contributed by atoms with Gasteiger partial charge in [0, 0.05) is 17.2 Å². The van der Waals surface area contributed by atoms with Crippen molar-refractivity contribution < 1.29 is 4.74 Å². The number of aryl methyl sites for hydroxylation is 1. The summed E-state index contributed by atoms with van der Waals surface area (Å²) in [6, 6.07) is 12.0. The van der Waals surface area contributed by atoms with Crippen molar-refractivity contribution in [3.8, 4) is 5.75 Å². The molecule has 0 atom stereocenters. The Balaban J connectivity index is 2.22. The van der Waals surface area contributed by atoms with Gasteiger partial charge in [0.2, 0.25) is 0 Å². The van der Waals surface area contributed by atoms with E-state index in [0.29, 0.717) is 6.61 Å². The molecule has 0 aliphatic carbocycles. The van der Waals surface area contributed by atoms with Crippen molar-refractivity contribution in [2.75, 3.05) is 18.6 Å². The van der Waals surface area contributed by atoms with Crippen LogP contribution in [-0.4, -0.2) is 18.6 Å². The van der Waals surface area contributed by atoms with Gasteiger partial charge in [-0.15, -0.1) is 0 Å². The van der Waals surface area contributed by atoms with E-state index in [2.05, 4.69) is 25.8 Å². The number of hydrogen-bond acceptors (Lipinski definition) is 3. The minimum atomic E-state index is 0.683. The second kappa shape index (κ2) is 6.06. The molecule has 2 aromatic rings. The molecule has 1 aromatic carbocycles. The van der Waals surface area contributed by atoms with Crippen LogP contribution in [0.3, 0.4) is 0 Å². The maximum atomic E-state index is 5.44. The first-order valence-corrected chi connectivity index (χ1v) is 7.01. The molecule has 2 rings (SSSR count). The predicted octanol–water partition coefficient (Wildman–Crippen LogP) is 4.32. The van der Waals surface area contributed by atoms with E-state index in [0.717, 1.165) is 27.4 Å². The molecule has 100 valence electrons. The van der Waals surface area contributed by atoms with Gasteiger partial charge in [-0.05, 0) is 66.2 Å². The number of pyridine rings is 1. The summed E-state index contributed by atoms with van der Waals surface area (Å²) >= 11 is 3.46. The van der Waals surface area contributed by atoms with Gasteiger partial charge in [0.25, 0.3) is 0 Å². The topological polar surface area (TPSA) is 25.4 Å². The number of halogens is 1. The van der Waals surface area contributed by atoms with Crippen molar-refractivity contribution in [1.82, 2.24) is 4.98 Å². The van der Waals surface area contributed by atoms with Crippen LogP contribution in [-0.2, 0) is 0 Å². The quantitative estimate of drug-likeness (QED) is 0.838. The highest BCUT2D eigenvalue weighted by Crippen LogP contribution is 2.26. The van der Waals surface area contributed by atoms with Gasteiger partial charge < -0.3 is 9.64 Å². The molecule has 4 heteroatoms. The highest BCUT2D eigenvalue weighted by molar-refractivity contribution is 9.10. The predicted molar refractivity (Wildman–Crippen MR) is 82.3 cm³/mol. The summed E-state index contributed by atoms with van der Waals surface area (Å²) in [5.74, 6) is 1.81. The standard InChI is InChI=1S/C15H17BrN2O/c1-4-19-13-7-5-12(6-8-13)18(3)15-10-9-14(16)11(2)17-15/h5-10H,4H2,1-3H3. The van der Waals surface area contributed by atoms with Crippen molar-refractivity contribution in [2.24, 2.45) is 0 Å². The molecule has 0 aliphatic rings. The summed E-state index contributed by atoms with van der Waals surface area (Å²) in [5.41, 5.74) is 2.06. The highest BCUT2D eigenvalue weighted by atomic mass is 79.9. The van der Waals surface area contributed by atoms with Gasteiger partial charge in [0.15, 0.2) is 0 Å². The second-order valence-corrected chi connectivity index (χ2v) is 5.08. The Hall–Kier alpha value is -1.55. The molecule has 0 spiro atoms. The van der Waals surface area contributed by atoms with Gasteiger partial charge in [0.1, 0.15) is 11.6 Å². The van der Waals surface area contributed by atoms with Crippen molar-refractivity contribution in [2.45, 2.75) is 13.8 Å². The van der Waals surface area contributed by atoms with Crippen LogP contribution in [0.4, 0.5) is 11.5 Å². The number of anilines is 2. The molecule has 0 saturated heterocycles. The molecule has 0 N–H and O–H groups in total. The van der Waals surface area contributed by atoms with Crippen molar-refractivity contribution in [3.63, 3.8) is 0 Å². The van der Waals surface area contributed by atoms with E-state index in [1.165, 1.54) is 0 Å². The molecule has 0 fully saturated rings. The summed E-state index contributed by atoms with van der Waals surface area (Å²) in [6.07, 6.45) is 0. The summed E-state index contributed by atoms with van der Waals surface area (Å²) in [6.45, 7) is 4.65. The lowest BCUT2D eigenvalue weighted by atomic mass is 10.2.